The number of alkyl halides is 3. The summed E-state index contributed by atoms with van der Waals surface area (Å²) in [6.07, 6.45) is -3.13. The molecule has 0 N–H and O–H groups in total. The van der Waals surface area contributed by atoms with E-state index in [-0.39, 0.29) is 11.4 Å². The van der Waals surface area contributed by atoms with Gasteiger partial charge in [-0.15, -0.1) is 0 Å². The molecule has 1 aromatic carbocycles. The van der Waals surface area contributed by atoms with Crippen LogP contribution in [0.15, 0.2) is 36.5 Å². The second-order valence-corrected chi connectivity index (χ2v) is 5.13. The minimum absolute atomic E-state index is 0.0404. The summed E-state index contributed by atoms with van der Waals surface area (Å²) >= 11 is 0. The van der Waals surface area contributed by atoms with Crippen LogP contribution >= 0.6 is 0 Å². The molecule has 1 aromatic heterocycles. The Morgan fingerprint density at radius 2 is 1.88 bits per heavy atom. The Morgan fingerprint density at radius 3 is 2.42 bits per heavy atom. The minimum atomic E-state index is -4.55. The summed E-state index contributed by atoms with van der Waals surface area (Å²) in [5.74, 6) is -0.694. The van der Waals surface area contributed by atoms with Gasteiger partial charge in [-0.2, -0.15) is 13.2 Å². The number of methoxy groups -OCH3 is 1. The monoisotopic (exact) mass is 340 g/mol. The number of aromatic nitrogens is 1. The number of carbonyl (C=O) groups excluding carboxylic acids is 1. The highest BCUT2D eigenvalue weighted by atomic mass is 19.4. The largest absolute Gasteiger partial charge is 0.464 e. The molecule has 7 heteroatoms. The fourth-order valence-corrected chi connectivity index (χ4v) is 2.61. The first-order chi connectivity index (χ1) is 11.3. The van der Waals surface area contributed by atoms with E-state index < -0.39 is 17.7 Å². The minimum Gasteiger partial charge on any atom is -0.464 e. The van der Waals surface area contributed by atoms with Crippen molar-refractivity contribution in [3.63, 3.8) is 0 Å². The molecule has 2 aromatic rings. The van der Waals surface area contributed by atoms with Crippen LogP contribution in [0.5, 0.6) is 0 Å². The SMILES string of the molecule is CCN(CC)c1ccc(-n2cccc2C(=O)OC)c(C(F)(F)F)c1. The zero-order chi connectivity index (χ0) is 17.9. The van der Waals surface area contributed by atoms with Crippen molar-refractivity contribution >= 4 is 11.7 Å². The van der Waals surface area contributed by atoms with Crippen LogP contribution in [0.1, 0.15) is 29.9 Å². The van der Waals surface area contributed by atoms with Crippen molar-refractivity contribution in [1.29, 1.82) is 0 Å². The van der Waals surface area contributed by atoms with Gasteiger partial charge in [-0.1, -0.05) is 0 Å². The van der Waals surface area contributed by atoms with Gasteiger partial charge in [-0.05, 0) is 44.2 Å². The molecule has 1 heterocycles. The molecule has 130 valence electrons. The Morgan fingerprint density at radius 1 is 1.21 bits per heavy atom. The van der Waals surface area contributed by atoms with Crippen molar-refractivity contribution in [2.75, 3.05) is 25.1 Å². The Labute approximate surface area is 138 Å². The van der Waals surface area contributed by atoms with Crippen molar-refractivity contribution in [3.05, 3.63) is 47.8 Å². The van der Waals surface area contributed by atoms with Gasteiger partial charge in [0.25, 0.3) is 0 Å². The fraction of sp³-hybridized carbons (Fsp3) is 0.353. The molecule has 0 aliphatic carbocycles. The molecular weight excluding hydrogens is 321 g/mol. The number of esters is 1. The maximum Gasteiger partial charge on any atom is 0.418 e. The molecule has 24 heavy (non-hydrogen) atoms. The highest BCUT2D eigenvalue weighted by molar-refractivity contribution is 5.88. The summed E-state index contributed by atoms with van der Waals surface area (Å²) < 4.78 is 46.5. The molecule has 0 atom stereocenters. The van der Waals surface area contributed by atoms with Crippen molar-refractivity contribution in [3.8, 4) is 5.69 Å². The molecule has 0 saturated heterocycles. The second-order valence-electron chi connectivity index (χ2n) is 5.13. The zero-order valence-corrected chi connectivity index (χ0v) is 13.7. The van der Waals surface area contributed by atoms with E-state index in [1.165, 1.54) is 36.1 Å². The predicted octanol–water partition coefficient (Wildman–Crippen LogP) is 4.13. The van der Waals surface area contributed by atoms with E-state index >= 15 is 0 Å². The molecule has 0 bridgehead atoms. The van der Waals surface area contributed by atoms with E-state index in [0.29, 0.717) is 18.8 Å². The van der Waals surface area contributed by atoms with Gasteiger partial charge >= 0.3 is 12.1 Å². The molecule has 0 unspecified atom stereocenters. The van der Waals surface area contributed by atoms with Crippen LogP contribution in [0.2, 0.25) is 0 Å². The topological polar surface area (TPSA) is 34.5 Å². The van der Waals surface area contributed by atoms with E-state index in [1.54, 1.807) is 6.07 Å². The molecule has 0 aliphatic rings. The van der Waals surface area contributed by atoms with Crippen LogP contribution in [-0.2, 0) is 10.9 Å². The number of hydrogen-bond acceptors (Lipinski definition) is 3. The van der Waals surface area contributed by atoms with E-state index in [1.807, 2.05) is 18.7 Å². The average molecular weight is 340 g/mol. The van der Waals surface area contributed by atoms with E-state index in [4.69, 9.17) is 0 Å². The molecule has 0 amide bonds. The molecule has 0 fully saturated rings. The van der Waals surface area contributed by atoms with Crippen LogP contribution in [0.4, 0.5) is 18.9 Å². The van der Waals surface area contributed by atoms with Crippen LogP contribution in [0, 0.1) is 0 Å². The van der Waals surface area contributed by atoms with Gasteiger partial charge in [-0.25, -0.2) is 4.79 Å². The number of benzene rings is 1. The first-order valence-corrected chi connectivity index (χ1v) is 7.55. The third kappa shape index (κ3) is 3.39. The van der Waals surface area contributed by atoms with E-state index in [9.17, 15) is 18.0 Å². The number of rotatable bonds is 5. The van der Waals surface area contributed by atoms with Crippen LogP contribution < -0.4 is 4.90 Å². The number of halogens is 3. The number of carbonyl (C=O) groups is 1. The Hall–Kier alpha value is -2.44. The Kier molecular flexibility index (Phi) is 5.21. The summed E-state index contributed by atoms with van der Waals surface area (Å²) in [4.78, 5) is 13.6. The van der Waals surface area contributed by atoms with Gasteiger partial charge in [0.05, 0.1) is 18.4 Å². The quantitative estimate of drug-likeness (QED) is 0.768. The first-order valence-electron chi connectivity index (χ1n) is 7.55. The molecule has 0 saturated carbocycles. The van der Waals surface area contributed by atoms with Crippen molar-refractivity contribution in [2.24, 2.45) is 0 Å². The number of ether oxygens (including phenoxy) is 1. The third-order valence-electron chi connectivity index (χ3n) is 3.82. The smallest absolute Gasteiger partial charge is 0.418 e. The maximum absolute atomic E-state index is 13.6. The van der Waals surface area contributed by atoms with Crippen molar-refractivity contribution in [2.45, 2.75) is 20.0 Å². The Bertz CT molecular complexity index is 719. The van der Waals surface area contributed by atoms with Crippen LogP contribution in [0.25, 0.3) is 5.69 Å². The van der Waals surface area contributed by atoms with Gasteiger partial charge in [0.15, 0.2) is 0 Å². The summed E-state index contributed by atoms with van der Waals surface area (Å²) in [6.45, 7) is 4.96. The Balaban J connectivity index is 2.63. The normalized spacial score (nSPS) is 11.4. The fourth-order valence-electron chi connectivity index (χ4n) is 2.61. The first kappa shape index (κ1) is 17.9. The highest BCUT2D eigenvalue weighted by Crippen LogP contribution is 2.37. The summed E-state index contributed by atoms with van der Waals surface area (Å²) in [6, 6.07) is 7.04. The number of hydrogen-bond donors (Lipinski definition) is 0. The second kappa shape index (κ2) is 6.98. The summed E-state index contributed by atoms with van der Waals surface area (Å²) in [5, 5.41) is 0. The van der Waals surface area contributed by atoms with Gasteiger partial charge < -0.3 is 14.2 Å². The van der Waals surface area contributed by atoms with Gasteiger partial charge in [0, 0.05) is 25.0 Å². The lowest BCUT2D eigenvalue weighted by atomic mass is 10.1. The number of nitrogens with zero attached hydrogens (tertiary/aromatic N) is 2. The van der Waals surface area contributed by atoms with E-state index in [0.717, 1.165) is 6.07 Å². The molecule has 0 spiro atoms. The summed E-state index contributed by atoms with van der Waals surface area (Å²) in [5.41, 5.74) is -0.376. The highest BCUT2D eigenvalue weighted by Gasteiger charge is 2.35. The average Bonchev–Trinajstić information content (AvgIpc) is 3.04. The molecule has 0 aliphatic heterocycles. The summed E-state index contributed by atoms with van der Waals surface area (Å²) in [7, 11) is 1.19. The lowest BCUT2D eigenvalue weighted by Crippen LogP contribution is -2.23. The lowest BCUT2D eigenvalue weighted by molar-refractivity contribution is -0.137. The van der Waals surface area contributed by atoms with Crippen molar-refractivity contribution < 1.29 is 22.7 Å². The van der Waals surface area contributed by atoms with Crippen LogP contribution in [-0.4, -0.2) is 30.7 Å². The number of anilines is 1. The van der Waals surface area contributed by atoms with Gasteiger partial charge in [-0.3, -0.25) is 0 Å². The predicted molar refractivity (Wildman–Crippen MR) is 85.7 cm³/mol. The lowest BCUT2D eigenvalue weighted by Gasteiger charge is -2.24. The zero-order valence-electron chi connectivity index (χ0n) is 13.7. The van der Waals surface area contributed by atoms with Crippen LogP contribution in [0.3, 0.4) is 0 Å². The maximum atomic E-state index is 13.6. The third-order valence-corrected chi connectivity index (χ3v) is 3.82. The van der Waals surface area contributed by atoms with Gasteiger partial charge in [0.1, 0.15) is 5.69 Å². The standard InChI is InChI=1S/C17H19F3N2O2/c1-4-21(5-2)12-8-9-14(13(11-12)17(18,19)20)22-10-6-7-15(22)16(23)24-3/h6-11H,4-5H2,1-3H3. The molecule has 0 radical (unpaired) electrons. The van der Waals surface area contributed by atoms with Crippen molar-refractivity contribution in [1.82, 2.24) is 4.57 Å². The van der Waals surface area contributed by atoms with E-state index in [2.05, 4.69) is 4.74 Å². The molecule has 4 nitrogen and oxygen atoms in total. The van der Waals surface area contributed by atoms with Gasteiger partial charge in [0.2, 0.25) is 0 Å². The molecular formula is C17H19F3N2O2. The molecule has 2 rings (SSSR count).